The summed E-state index contributed by atoms with van der Waals surface area (Å²) in [6.45, 7) is 0.451. The molecule has 1 heterocycles. The van der Waals surface area contributed by atoms with Gasteiger partial charge in [0.25, 0.3) is 0 Å². The van der Waals surface area contributed by atoms with E-state index in [4.69, 9.17) is 4.74 Å². The lowest BCUT2D eigenvalue weighted by Gasteiger charge is -2.13. The summed E-state index contributed by atoms with van der Waals surface area (Å²) < 4.78 is 18.7. The average Bonchev–Trinajstić information content (AvgIpc) is 2.81. The lowest BCUT2D eigenvalue weighted by molar-refractivity contribution is 0.101. The highest BCUT2D eigenvalue weighted by Crippen LogP contribution is 2.39. The molecule has 1 aliphatic rings. The molecule has 0 saturated heterocycles. The number of carbonyl (C=O) groups is 1. The van der Waals surface area contributed by atoms with Gasteiger partial charge in [-0.25, -0.2) is 4.39 Å². The van der Waals surface area contributed by atoms with Gasteiger partial charge in [-0.3, -0.25) is 4.79 Å². The number of benzene rings is 2. The second-order valence-corrected chi connectivity index (χ2v) is 5.67. The Bertz CT molecular complexity index is 795. The molecular weight excluding hydrogens is 297 g/mol. The van der Waals surface area contributed by atoms with Gasteiger partial charge in [-0.2, -0.15) is 0 Å². The summed E-state index contributed by atoms with van der Waals surface area (Å²) in [4.78, 5) is 14.3. The van der Waals surface area contributed by atoms with Crippen LogP contribution < -0.4 is 4.74 Å². The van der Waals surface area contributed by atoms with E-state index in [0.717, 1.165) is 0 Å². The van der Waals surface area contributed by atoms with E-state index in [9.17, 15) is 14.3 Å². The molecule has 0 amide bonds. The fourth-order valence-electron chi connectivity index (χ4n) is 2.48. The van der Waals surface area contributed by atoms with Gasteiger partial charge >= 0.3 is 0 Å². The SMILES string of the molecule is CN(C)Cc1c(O)ccc2c1OC(=Cc1ccc(F)cc1)C2=O. The normalized spacial score (nSPS) is 15.1. The molecule has 3 rings (SSSR count). The molecule has 118 valence electrons. The number of Topliss-reactive ketones (excluding diaryl/α,β-unsaturated/α-hetero) is 1. The number of allylic oxidation sites excluding steroid dienone is 1. The van der Waals surface area contributed by atoms with Crippen molar-refractivity contribution in [2.45, 2.75) is 6.54 Å². The van der Waals surface area contributed by atoms with Crippen molar-refractivity contribution in [2.75, 3.05) is 14.1 Å². The Balaban J connectivity index is 2.00. The summed E-state index contributed by atoms with van der Waals surface area (Å²) in [5, 5.41) is 10.0. The number of phenols is 1. The summed E-state index contributed by atoms with van der Waals surface area (Å²) in [5.74, 6) is 0.0548. The number of carbonyl (C=O) groups excluding carboxylic acids is 1. The molecule has 2 aromatic rings. The van der Waals surface area contributed by atoms with Gasteiger partial charge in [-0.15, -0.1) is 0 Å². The van der Waals surface area contributed by atoms with Gasteiger partial charge in [0.15, 0.2) is 5.76 Å². The maximum atomic E-state index is 13.0. The van der Waals surface area contributed by atoms with E-state index in [1.165, 1.54) is 18.2 Å². The zero-order valence-corrected chi connectivity index (χ0v) is 12.8. The van der Waals surface area contributed by atoms with Gasteiger partial charge in [0.05, 0.1) is 11.1 Å². The lowest BCUT2D eigenvalue weighted by atomic mass is 10.0. The molecule has 0 aliphatic carbocycles. The summed E-state index contributed by atoms with van der Waals surface area (Å²) in [6.07, 6.45) is 1.57. The zero-order chi connectivity index (χ0) is 16.6. The van der Waals surface area contributed by atoms with Gasteiger partial charge in [0.1, 0.15) is 17.3 Å². The number of hydrogen-bond acceptors (Lipinski definition) is 4. The Labute approximate surface area is 133 Å². The molecule has 1 N–H and O–H groups in total. The first-order chi connectivity index (χ1) is 11.0. The number of halogens is 1. The maximum absolute atomic E-state index is 13.0. The Morgan fingerprint density at radius 1 is 1.17 bits per heavy atom. The van der Waals surface area contributed by atoms with Crippen LogP contribution in [0.1, 0.15) is 21.5 Å². The molecule has 0 aromatic heterocycles. The fourth-order valence-corrected chi connectivity index (χ4v) is 2.48. The molecule has 0 fully saturated rings. The summed E-state index contributed by atoms with van der Waals surface area (Å²) in [7, 11) is 3.73. The minimum atomic E-state index is -0.340. The molecule has 4 nitrogen and oxygen atoms in total. The predicted octanol–water partition coefficient (Wildman–Crippen LogP) is 3.21. The first-order valence-electron chi connectivity index (χ1n) is 7.15. The van der Waals surface area contributed by atoms with Crippen LogP contribution in [0.5, 0.6) is 11.5 Å². The number of aromatic hydroxyl groups is 1. The van der Waals surface area contributed by atoms with Crippen molar-refractivity contribution < 1.29 is 19.0 Å². The molecule has 0 radical (unpaired) electrons. The maximum Gasteiger partial charge on any atom is 0.231 e. The van der Waals surface area contributed by atoms with E-state index in [1.54, 1.807) is 24.3 Å². The highest BCUT2D eigenvalue weighted by atomic mass is 19.1. The number of fused-ring (bicyclic) bond motifs is 1. The van der Waals surface area contributed by atoms with Crippen molar-refractivity contribution in [1.29, 1.82) is 0 Å². The van der Waals surface area contributed by atoms with Crippen LogP contribution in [0, 0.1) is 5.82 Å². The van der Waals surface area contributed by atoms with Crippen LogP contribution in [-0.2, 0) is 6.54 Å². The highest BCUT2D eigenvalue weighted by molar-refractivity contribution is 6.14. The average molecular weight is 313 g/mol. The second kappa shape index (κ2) is 5.85. The summed E-state index contributed by atoms with van der Waals surface area (Å²) in [6, 6.07) is 8.84. The van der Waals surface area contributed by atoms with Crippen molar-refractivity contribution in [3.63, 3.8) is 0 Å². The van der Waals surface area contributed by atoms with E-state index < -0.39 is 0 Å². The zero-order valence-electron chi connectivity index (χ0n) is 12.8. The number of ether oxygens (including phenoxy) is 1. The van der Waals surface area contributed by atoms with Crippen LogP contribution in [0.3, 0.4) is 0 Å². The second-order valence-electron chi connectivity index (χ2n) is 5.67. The Kier molecular flexibility index (Phi) is 3.88. The van der Waals surface area contributed by atoms with Crippen molar-refractivity contribution in [3.05, 3.63) is 64.7 Å². The lowest BCUT2D eigenvalue weighted by Crippen LogP contribution is -2.11. The van der Waals surface area contributed by atoms with Crippen LogP contribution >= 0.6 is 0 Å². The monoisotopic (exact) mass is 313 g/mol. The molecule has 1 aliphatic heterocycles. The molecular formula is C18H16FNO3. The van der Waals surface area contributed by atoms with Gasteiger partial charge in [0, 0.05) is 6.54 Å². The van der Waals surface area contributed by atoms with E-state index in [0.29, 0.717) is 29.0 Å². The smallest absolute Gasteiger partial charge is 0.231 e. The fraction of sp³-hybridized carbons (Fsp3) is 0.167. The number of hydrogen-bond donors (Lipinski definition) is 1. The molecule has 0 spiro atoms. The molecule has 23 heavy (non-hydrogen) atoms. The first-order valence-corrected chi connectivity index (χ1v) is 7.15. The minimum Gasteiger partial charge on any atom is -0.507 e. The highest BCUT2D eigenvalue weighted by Gasteiger charge is 2.31. The number of nitrogens with zero attached hydrogens (tertiary/aromatic N) is 1. The third-order valence-electron chi connectivity index (χ3n) is 3.56. The minimum absolute atomic E-state index is 0.0910. The molecule has 5 heteroatoms. The van der Waals surface area contributed by atoms with Crippen LogP contribution in [0.15, 0.2) is 42.2 Å². The summed E-state index contributed by atoms with van der Waals surface area (Å²) >= 11 is 0. The van der Waals surface area contributed by atoms with E-state index in [1.807, 2.05) is 19.0 Å². The Hall–Kier alpha value is -2.66. The quantitative estimate of drug-likeness (QED) is 0.884. The number of phenolic OH excluding ortho intramolecular Hbond substituents is 1. The van der Waals surface area contributed by atoms with Crippen LogP contribution in [0.25, 0.3) is 6.08 Å². The van der Waals surface area contributed by atoms with Crippen LogP contribution in [0.2, 0.25) is 0 Å². The number of ketones is 1. The summed E-state index contributed by atoms with van der Waals surface area (Å²) in [5.41, 5.74) is 1.66. The van der Waals surface area contributed by atoms with Gasteiger partial charge in [0.2, 0.25) is 5.78 Å². The third kappa shape index (κ3) is 2.96. The van der Waals surface area contributed by atoms with Crippen LogP contribution in [0.4, 0.5) is 4.39 Å². The Morgan fingerprint density at radius 2 is 1.87 bits per heavy atom. The van der Waals surface area contributed by atoms with Crippen molar-refractivity contribution >= 4 is 11.9 Å². The van der Waals surface area contributed by atoms with Crippen molar-refractivity contribution in [3.8, 4) is 11.5 Å². The molecule has 2 aromatic carbocycles. The molecule has 0 unspecified atom stereocenters. The predicted molar refractivity (Wildman–Crippen MR) is 84.8 cm³/mol. The van der Waals surface area contributed by atoms with E-state index in [-0.39, 0.29) is 23.1 Å². The Morgan fingerprint density at radius 3 is 2.52 bits per heavy atom. The van der Waals surface area contributed by atoms with Gasteiger partial charge < -0.3 is 14.7 Å². The molecule has 0 bridgehead atoms. The topological polar surface area (TPSA) is 49.8 Å². The van der Waals surface area contributed by atoms with E-state index in [2.05, 4.69) is 0 Å². The first kappa shape index (κ1) is 15.2. The van der Waals surface area contributed by atoms with Crippen molar-refractivity contribution in [1.82, 2.24) is 4.90 Å². The van der Waals surface area contributed by atoms with Crippen molar-refractivity contribution in [2.24, 2.45) is 0 Å². The van der Waals surface area contributed by atoms with Gasteiger partial charge in [-0.1, -0.05) is 12.1 Å². The molecule has 0 atom stereocenters. The van der Waals surface area contributed by atoms with E-state index >= 15 is 0 Å². The standard InChI is InChI=1S/C18H16FNO3/c1-20(2)10-14-15(21)8-7-13-17(22)16(23-18(13)14)9-11-3-5-12(19)6-4-11/h3-9,21H,10H2,1-2H3. The van der Waals surface area contributed by atoms with Crippen LogP contribution in [-0.4, -0.2) is 29.9 Å². The largest absolute Gasteiger partial charge is 0.507 e. The van der Waals surface area contributed by atoms with Gasteiger partial charge in [-0.05, 0) is 50.0 Å². The number of rotatable bonds is 3. The molecule has 0 saturated carbocycles. The third-order valence-corrected chi connectivity index (χ3v) is 3.56.